The number of aromatic nitrogens is 1. The molecule has 1 heterocycles. The maximum atomic E-state index is 13.6. The van der Waals surface area contributed by atoms with E-state index in [2.05, 4.69) is 6.07 Å². The molecule has 2 aromatic carbocycles. The fourth-order valence-corrected chi connectivity index (χ4v) is 5.45. The van der Waals surface area contributed by atoms with Crippen molar-refractivity contribution in [2.24, 2.45) is 5.41 Å². The zero-order chi connectivity index (χ0) is 26.1. The molecule has 0 fully saturated rings. The number of fused-ring (bicyclic) bond motifs is 3. The van der Waals surface area contributed by atoms with E-state index in [4.69, 9.17) is 9.47 Å². The number of benzene rings is 2. The second-order valence-corrected chi connectivity index (χ2v) is 10.0. The molecule has 0 bridgehead atoms. The number of carbonyl (C=O) groups is 3. The van der Waals surface area contributed by atoms with Crippen LogP contribution in [0.1, 0.15) is 62.8 Å². The van der Waals surface area contributed by atoms with Crippen molar-refractivity contribution in [2.75, 3.05) is 6.61 Å². The Morgan fingerprint density at radius 3 is 2.42 bits per heavy atom. The van der Waals surface area contributed by atoms with Gasteiger partial charge in [0.2, 0.25) is 0 Å². The van der Waals surface area contributed by atoms with Crippen molar-refractivity contribution in [1.29, 1.82) is 5.26 Å². The third kappa shape index (κ3) is 4.07. The van der Waals surface area contributed by atoms with E-state index < -0.39 is 34.9 Å². The highest BCUT2D eigenvalue weighted by Gasteiger charge is 2.59. The molecule has 4 rings (SSSR count). The highest BCUT2D eigenvalue weighted by Crippen LogP contribution is 2.57. The molecular formula is C29H30N2O5. The summed E-state index contributed by atoms with van der Waals surface area (Å²) >= 11 is 0. The Kier molecular flexibility index (Phi) is 6.73. The molecule has 1 aromatic heterocycles. The predicted molar refractivity (Wildman–Crippen MR) is 135 cm³/mol. The van der Waals surface area contributed by atoms with Crippen LogP contribution < -0.4 is 0 Å². The SMILES string of the molecule is CCOC(=O)[C@]1(C#N)[C@@H](c2ccccc2)Cc2c(c3ccccc3n2C(=O)OC(C)(C)C)[C@@H]1CC=O. The average molecular weight is 487 g/mol. The van der Waals surface area contributed by atoms with Gasteiger partial charge in [-0.25, -0.2) is 9.36 Å². The van der Waals surface area contributed by atoms with Gasteiger partial charge in [0, 0.05) is 29.3 Å². The van der Waals surface area contributed by atoms with Crippen molar-refractivity contribution in [1.82, 2.24) is 4.57 Å². The number of para-hydroxylation sites is 1. The van der Waals surface area contributed by atoms with Crippen molar-refractivity contribution < 1.29 is 23.9 Å². The predicted octanol–water partition coefficient (Wildman–Crippen LogP) is 5.51. The number of carbonyl (C=O) groups excluding carboxylic acids is 3. The Balaban J connectivity index is 2.08. The fraction of sp³-hybridized carbons (Fsp3) is 0.379. The summed E-state index contributed by atoms with van der Waals surface area (Å²) in [6.07, 6.45) is 0.324. The second kappa shape index (κ2) is 9.62. The Morgan fingerprint density at radius 1 is 1.14 bits per heavy atom. The van der Waals surface area contributed by atoms with Gasteiger partial charge in [-0.05, 0) is 51.3 Å². The summed E-state index contributed by atoms with van der Waals surface area (Å²) in [7, 11) is 0. The fourth-order valence-electron chi connectivity index (χ4n) is 5.45. The molecule has 0 radical (unpaired) electrons. The van der Waals surface area contributed by atoms with E-state index in [1.807, 2.05) is 54.6 Å². The first-order valence-corrected chi connectivity index (χ1v) is 12.1. The number of hydrogen-bond donors (Lipinski definition) is 0. The lowest BCUT2D eigenvalue weighted by molar-refractivity contribution is -0.155. The zero-order valence-corrected chi connectivity index (χ0v) is 21.0. The van der Waals surface area contributed by atoms with E-state index in [1.54, 1.807) is 27.7 Å². The molecule has 36 heavy (non-hydrogen) atoms. The summed E-state index contributed by atoms with van der Waals surface area (Å²) in [6.45, 7) is 7.19. The summed E-state index contributed by atoms with van der Waals surface area (Å²) < 4.78 is 12.8. The lowest BCUT2D eigenvalue weighted by Gasteiger charge is -2.43. The van der Waals surface area contributed by atoms with Crippen LogP contribution in [-0.4, -0.2) is 35.1 Å². The van der Waals surface area contributed by atoms with Gasteiger partial charge in [0.1, 0.15) is 11.9 Å². The Morgan fingerprint density at radius 2 is 1.81 bits per heavy atom. The second-order valence-electron chi connectivity index (χ2n) is 10.0. The van der Waals surface area contributed by atoms with Gasteiger partial charge in [-0.15, -0.1) is 0 Å². The van der Waals surface area contributed by atoms with Crippen LogP contribution in [0.25, 0.3) is 10.9 Å². The third-order valence-corrected chi connectivity index (χ3v) is 6.77. The first-order valence-electron chi connectivity index (χ1n) is 12.1. The Labute approximate surface area is 210 Å². The lowest BCUT2D eigenvalue weighted by Crippen LogP contribution is -2.47. The number of nitriles is 1. The van der Waals surface area contributed by atoms with Crippen LogP contribution in [0, 0.1) is 16.7 Å². The van der Waals surface area contributed by atoms with Crippen molar-refractivity contribution >= 4 is 29.3 Å². The molecule has 1 aliphatic rings. The molecule has 186 valence electrons. The maximum absolute atomic E-state index is 13.6. The summed E-state index contributed by atoms with van der Waals surface area (Å²) in [4.78, 5) is 39.1. The van der Waals surface area contributed by atoms with Crippen LogP contribution in [0.3, 0.4) is 0 Å². The van der Waals surface area contributed by atoms with E-state index in [-0.39, 0.29) is 19.4 Å². The van der Waals surface area contributed by atoms with Crippen molar-refractivity contribution in [3.05, 3.63) is 71.4 Å². The number of nitrogens with zero attached hydrogens (tertiary/aromatic N) is 2. The van der Waals surface area contributed by atoms with Gasteiger partial charge >= 0.3 is 12.1 Å². The maximum Gasteiger partial charge on any atom is 0.419 e. The summed E-state index contributed by atoms with van der Waals surface area (Å²) in [6, 6.07) is 18.9. The van der Waals surface area contributed by atoms with Gasteiger partial charge < -0.3 is 14.3 Å². The molecule has 7 heteroatoms. The first-order chi connectivity index (χ1) is 17.2. The Bertz CT molecular complexity index is 1350. The molecule has 0 N–H and O–H groups in total. The summed E-state index contributed by atoms with van der Waals surface area (Å²) in [5, 5.41) is 11.4. The van der Waals surface area contributed by atoms with Crippen LogP contribution in [0.5, 0.6) is 0 Å². The monoisotopic (exact) mass is 486 g/mol. The molecule has 3 atom stereocenters. The molecule has 0 spiro atoms. The quantitative estimate of drug-likeness (QED) is 0.348. The zero-order valence-electron chi connectivity index (χ0n) is 21.0. The molecule has 0 amide bonds. The molecule has 0 saturated carbocycles. The smallest absolute Gasteiger partial charge is 0.419 e. The Hall–Kier alpha value is -3.92. The number of hydrogen-bond acceptors (Lipinski definition) is 6. The highest BCUT2D eigenvalue weighted by atomic mass is 16.6. The van der Waals surface area contributed by atoms with E-state index in [1.165, 1.54) is 4.57 Å². The molecule has 1 aliphatic carbocycles. The summed E-state index contributed by atoms with van der Waals surface area (Å²) in [5.41, 5.74) is 0.263. The van der Waals surface area contributed by atoms with E-state index >= 15 is 0 Å². The minimum absolute atomic E-state index is 0.0783. The van der Waals surface area contributed by atoms with Crippen LogP contribution in [-0.2, 0) is 25.5 Å². The standard InChI is InChI=1S/C29H30N2O5/c1-5-35-26(33)29(18-30)21(15-16-32)25-20-13-9-10-14-23(20)31(27(34)36-28(2,3)4)24(25)17-22(29)19-11-7-6-8-12-19/h6-14,16,21-22H,5,15,17H2,1-4H3/t21-,22+,29-/m0/s1. The lowest BCUT2D eigenvalue weighted by atomic mass is 9.57. The molecule has 0 unspecified atom stereocenters. The average Bonchev–Trinajstić information content (AvgIpc) is 3.18. The topological polar surface area (TPSA) is 98.4 Å². The number of esters is 1. The van der Waals surface area contributed by atoms with Crippen molar-refractivity contribution in [2.45, 2.75) is 58.0 Å². The van der Waals surface area contributed by atoms with Gasteiger partial charge in [0.05, 0.1) is 18.2 Å². The van der Waals surface area contributed by atoms with Gasteiger partial charge in [-0.2, -0.15) is 5.26 Å². The largest absolute Gasteiger partial charge is 0.465 e. The van der Waals surface area contributed by atoms with Gasteiger partial charge in [-0.1, -0.05) is 48.5 Å². The van der Waals surface area contributed by atoms with E-state index in [0.717, 1.165) is 11.8 Å². The molecule has 0 aliphatic heterocycles. The van der Waals surface area contributed by atoms with Crippen LogP contribution in [0.15, 0.2) is 54.6 Å². The van der Waals surface area contributed by atoms with Gasteiger partial charge in [0.25, 0.3) is 0 Å². The van der Waals surface area contributed by atoms with Crippen molar-refractivity contribution in [3.8, 4) is 6.07 Å². The third-order valence-electron chi connectivity index (χ3n) is 6.77. The highest BCUT2D eigenvalue weighted by molar-refractivity contribution is 5.96. The molecule has 0 saturated heterocycles. The first kappa shape index (κ1) is 25.2. The van der Waals surface area contributed by atoms with Crippen molar-refractivity contribution in [3.63, 3.8) is 0 Å². The summed E-state index contributed by atoms with van der Waals surface area (Å²) in [5.74, 6) is -2.12. The normalized spacial score (nSPS) is 21.3. The molecule has 3 aromatic rings. The number of rotatable bonds is 5. The van der Waals surface area contributed by atoms with Gasteiger partial charge in [0.15, 0.2) is 5.41 Å². The minimum atomic E-state index is -1.66. The van der Waals surface area contributed by atoms with Crippen LogP contribution >= 0.6 is 0 Å². The number of ether oxygens (including phenoxy) is 2. The number of aldehydes is 1. The van der Waals surface area contributed by atoms with Crippen LogP contribution in [0.4, 0.5) is 4.79 Å². The molecular weight excluding hydrogens is 456 g/mol. The van der Waals surface area contributed by atoms with Crippen LogP contribution in [0.2, 0.25) is 0 Å². The van der Waals surface area contributed by atoms with Gasteiger partial charge in [-0.3, -0.25) is 4.79 Å². The molecule has 7 nitrogen and oxygen atoms in total. The van der Waals surface area contributed by atoms with E-state index in [9.17, 15) is 19.6 Å². The van der Waals surface area contributed by atoms with E-state index in [0.29, 0.717) is 22.2 Å². The minimum Gasteiger partial charge on any atom is -0.465 e.